The van der Waals surface area contributed by atoms with Crippen molar-refractivity contribution in [1.29, 1.82) is 0 Å². The van der Waals surface area contributed by atoms with Gasteiger partial charge in [0.1, 0.15) is 12.2 Å². The molecule has 0 aromatic heterocycles. The number of aliphatic hydroxyl groups is 4. The van der Waals surface area contributed by atoms with Crippen LogP contribution in [-0.2, 0) is 23.7 Å². The van der Waals surface area contributed by atoms with Gasteiger partial charge in [-0.05, 0) is 125 Å². The Morgan fingerprint density at radius 3 is 1.40 bits per heavy atom. The number of aliphatic hydroxyl groups excluding tert-OH is 2. The van der Waals surface area contributed by atoms with Crippen LogP contribution >= 0.6 is 0 Å². The number of aromatic hydroxyl groups is 2. The van der Waals surface area contributed by atoms with Crippen molar-refractivity contribution in [3.05, 3.63) is 46.5 Å². The van der Waals surface area contributed by atoms with Crippen molar-refractivity contribution < 1.29 is 40.1 Å². The van der Waals surface area contributed by atoms with Gasteiger partial charge >= 0.3 is 0 Å². The first-order chi connectivity index (χ1) is 25.1. The van der Waals surface area contributed by atoms with E-state index in [4.69, 9.17) is 9.47 Å². The van der Waals surface area contributed by atoms with Gasteiger partial charge in [0.25, 0.3) is 0 Å². The second-order valence-electron chi connectivity index (χ2n) is 18.5. The number of nitrogens with zero attached hydrogens (tertiary/aromatic N) is 2. The number of ether oxygens (including phenoxy) is 2. The number of phenols is 2. The summed E-state index contributed by atoms with van der Waals surface area (Å²) in [6, 6.07) is 7.59. The summed E-state index contributed by atoms with van der Waals surface area (Å²) in [6.07, 6.45) is 11.4. The Morgan fingerprint density at radius 1 is 0.596 bits per heavy atom. The van der Waals surface area contributed by atoms with E-state index in [1.807, 2.05) is 12.1 Å². The third-order valence-electron chi connectivity index (χ3n) is 16.5. The average molecular weight is 715 g/mol. The number of likely N-dealkylation sites (tertiary alicyclic amines) is 2. The topological polar surface area (TPSA) is 146 Å². The molecule has 10 nitrogen and oxygen atoms in total. The van der Waals surface area contributed by atoms with Gasteiger partial charge in [-0.3, -0.25) is 9.80 Å². The first-order valence-corrected chi connectivity index (χ1v) is 20.4. The molecule has 4 bridgehead atoms. The van der Waals surface area contributed by atoms with E-state index in [0.717, 1.165) is 74.8 Å². The molecule has 12 rings (SSSR count). The second-order valence-corrected chi connectivity index (χ2v) is 18.5. The van der Waals surface area contributed by atoms with Gasteiger partial charge in [-0.15, -0.1) is 0 Å². The standard InChI is InChI=1S/2C21H27NO4/c2*23-14-5-4-13-10-16-21(25)7-6-15(24)19-20(21,17(13)18(14)26-19)8-9-22(16)11-12-2-1-3-12/h2*4-5,12,15-16,19,23-25H,1-3,6-11H2/t2*15-,16+,19-,20-,21+/m00/s1. The lowest BCUT2D eigenvalue weighted by Crippen LogP contribution is -2.77. The highest BCUT2D eigenvalue weighted by Gasteiger charge is 2.74. The molecule has 10 heteroatoms. The van der Waals surface area contributed by atoms with Gasteiger partial charge in [-0.2, -0.15) is 0 Å². The van der Waals surface area contributed by atoms with Crippen LogP contribution in [0.15, 0.2) is 24.3 Å². The van der Waals surface area contributed by atoms with Gasteiger partial charge < -0.3 is 40.1 Å². The lowest BCUT2D eigenvalue weighted by Gasteiger charge is -2.64. The van der Waals surface area contributed by atoms with Crippen molar-refractivity contribution in [3.8, 4) is 23.0 Å². The Balaban J connectivity index is 0.000000123. The molecule has 6 N–H and O–H groups in total. The quantitative estimate of drug-likeness (QED) is 0.279. The van der Waals surface area contributed by atoms with E-state index in [2.05, 4.69) is 9.80 Å². The minimum absolute atomic E-state index is 0.0819. The summed E-state index contributed by atoms with van der Waals surface area (Å²) in [7, 11) is 0. The summed E-state index contributed by atoms with van der Waals surface area (Å²) < 4.78 is 12.3. The highest BCUT2D eigenvalue weighted by atomic mass is 16.5. The van der Waals surface area contributed by atoms with Crippen LogP contribution in [0, 0.1) is 11.8 Å². The van der Waals surface area contributed by atoms with Crippen molar-refractivity contribution in [1.82, 2.24) is 9.80 Å². The molecular formula is C42H54N2O8. The van der Waals surface area contributed by atoms with Gasteiger partial charge in [0.05, 0.1) is 34.2 Å². The van der Waals surface area contributed by atoms with E-state index >= 15 is 0 Å². The number of rotatable bonds is 4. The third-order valence-corrected chi connectivity index (χ3v) is 16.5. The molecule has 0 radical (unpaired) electrons. The summed E-state index contributed by atoms with van der Waals surface area (Å²) in [4.78, 5) is 5.05. The Hall–Kier alpha value is -2.60. The average Bonchev–Trinajstić information content (AvgIpc) is 3.63. The lowest BCUT2D eigenvalue weighted by atomic mass is 9.48. The van der Waals surface area contributed by atoms with Crippen LogP contribution in [0.4, 0.5) is 0 Å². The summed E-state index contributed by atoms with van der Waals surface area (Å²) in [6.45, 7) is 4.03. The molecule has 2 spiro atoms. The predicted octanol–water partition coefficient (Wildman–Crippen LogP) is 3.41. The molecule has 280 valence electrons. The molecule has 6 aliphatic carbocycles. The highest BCUT2D eigenvalue weighted by Crippen LogP contribution is 2.67. The summed E-state index contributed by atoms with van der Waals surface area (Å²) in [5, 5.41) is 66.4. The Labute approximate surface area is 305 Å². The maximum atomic E-state index is 12.1. The van der Waals surface area contributed by atoms with Crippen molar-refractivity contribution in [2.75, 3.05) is 26.2 Å². The molecule has 0 unspecified atom stereocenters. The van der Waals surface area contributed by atoms with E-state index in [1.165, 1.54) is 49.7 Å². The molecule has 6 fully saturated rings. The molecule has 4 saturated carbocycles. The SMILES string of the molecule is Oc1ccc2c3c1O[C@H]1[C@@H](O)CC[C@@]4(O)[C@@H](C2)N(CC2CCC2)CC[C@]314.Oc1ccc2c3c1O[C@H]1[C@@H](O)CC[C@@]4(O)[C@@H](C2)N(CC2CCC2)CC[C@]314. The van der Waals surface area contributed by atoms with Crippen molar-refractivity contribution in [2.45, 2.75) is 148 Å². The van der Waals surface area contributed by atoms with E-state index in [0.29, 0.717) is 37.2 Å². The van der Waals surface area contributed by atoms with Crippen LogP contribution < -0.4 is 9.47 Å². The molecule has 4 heterocycles. The molecular weight excluding hydrogens is 660 g/mol. The van der Waals surface area contributed by atoms with Gasteiger partial charge in [0.2, 0.25) is 0 Å². The van der Waals surface area contributed by atoms with Crippen LogP contribution in [0.3, 0.4) is 0 Å². The van der Waals surface area contributed by atoms with Crippen LogP contribution in [0.2, 0.25) is 0 Å². The molecule has 10 aliphatic rings. The molecule has 2 saturated heterocycles. The van der Waals surface area contributed by atoms with Crippen LogP contribution in [0.1, 0.15) is 99.3 Å². The van der Waals surface area contributed by atoms with Gasteiger partial charge in [-0.25, -0.2) is 0 Å². The van der Waals surface area contributed by atoms with Crippen molar-refractivity contribution >= 4 is 0 Å². The second kappa shape index (κ2) is 11.0. The zero-order valence-corrected chi connectivity index (χ0v) is 30.1. The van der Waals surface area contributed by atoms with Crippen LogP contribution in [0.25, 0.3) is 0 Å². The molecule has 10 atom stereocenters. The largest absolute Gasteiger partial charge is 0.504 e. The Morgan fingerprint density at radius 2 is 1.02 bits per heavy atom. The van der Waals surface area contributed by atoms with Gasteiger partial charge in [0.15, 0.2) is 23.0 Å². The minimum Gasteiger partial charge on any atom is -0.504 e. The predicted molar refractivity (Wildman–Crippen MR) is 191 cm³/mol. The number of piperidine rings is 2. The normalized spacial score (nSPS) is 43.5. The smallest absolute Gasteiger partial charge is 0.165 e. The van der Waals surface area contributed by atoms with Crippen LogP contribution in [0.5, 0.6) is 23.0 Å². The number of hydrogen-bond acceptors (Lipinski definition) is 10. The molecule has 0 amide bonds. The fraction of sp³-hybridized carbons (Fsp3) is 0.714. The molecule has 4 aliphatic heterocycles. The Bertz CT molecular complexity index is 1680. The monoisotopic (exact) mass is 714 g/mol. The first-order valence-electron chi connectivity index (χ1n) is 20.4. The molecule has 2 aromatic carbocycles. The maximum Gasteiger partial charge on any atom is 0.165 e. The van der Waals surface area contributed by atoms with E-state index in [1.54, 1.807) is 12.1 Å². The lowest BCUT2D eigenvalue weighted by molar-refractivity contribution is -0.209. The zero-order valence-electron chi connectivity index (χ0n) is 30.1. The van der Waals surface area contributed by atoms with Crippen LogP contribution in [-0.4, -0.2) is 114 Å². The van der Waals surface area contributed by atoms with E-state index in [-0.39, 0.29) is 23.6 Å². The van der Waals surface area contributed by atoms with E-state index < -0.39 is 46.4 Å². The number of hydrogen-bond donors (Lipinski definition) is 6. The van der Waals surface area contributed by atoms with Gasteiger partial charge in [-0.1, -0.05) is 25.0 Å². The highest BCUT2D eigenvalue weighted by molar-refractivity contribution is 5.64. The minimum atomic E-state index is -0.884. The zero-order chi connectivity index (χ0) is 35.4. The summed E-state index contributed by atoms with van der Waals surface area (Å²) >= 11 is 0. The first kappa shape index (κ1) is 32.8. The number of benzene rings is 2. The van der Waals surface area contributed by atoms with Crippen molar-refractivity contribution in [2.24, 2.45) is 11.8 Å². The number of phenolic OH excluding ortho intramolecular Hbond substituents is 2. The molecule has 52 heavy (non-hydrogen) atoms. The fourth-order valence-corrected chi connectivity index (χ4v) is 13.7. The molecule has 2 aromatic rings. The Kier molecular flexibility index (Phi) is 6.94. The maximum absolute atomic E-state index is 12.1. The fourth-order valence-electron chi connectivity index (χ4n) is 13.7. The van der Waals surface area contributed by atoms with E-state index in [9.17, 15) is 30.6 Å². The summed E-state index contributed by atoms with van der Waals surface area (Å²) in [5.74, 6) is 2.84. The third kappa shape index (κ3) is 3.92. The van der Waals surface area contributed by atoms with Gasteiger partial charge in [0, 0.05) is 36.3 Å². The van der Waals surface area contributed by atoms with Crippen molar-refractivity contribution in [3.63, 3.8) is 0 Å². The summed E-state index contributed by atoms with van der Waals surface area (Å²) in [5.41, 5.74) is 1.42.